The van der Waals surface area contributed by atoms with Crippen molar-refractivity contribution in [2.75, 3.05) is 0 Å². The Bertz CT molecular complexity index is 3510. The molecule has 43 heavy (non-hydrogen) atoms. The monoisotopic (exact) mass is 565 g/mol. The van der Waals surface area contributed by atoms with Gasteiger partial charge in [-0.25, -0.2) is 0 Å². The van der Waals surface area contributed by atoms with Crippen LogP contribution in [0.1, 0.15) is 26.0 Å². The Morgan fingerprint density at radius 1 is 0.372 bits per heavy atom. The van der Waals surface area contributed by atoms with Crippen LogP contribution >= 0.6 is 0 Å². The van der Waals surface area contributed by atoms with Crippen LogP contribution in [0.5, 0.6) is 0 Å². The predicted molar refractivity (Wildman–Crippen MR) is 183 cm³/mol. The minimum atomic E-state index is -0.612. The van der Waals surface area contributed by atoms with Crippen LogP contribution in [0.3, 0.4) is 0 Å². The van der Waals surface area contributed by atoms with Crippen molar-refractivity contribution in [2.24, 2.45) is 0 Å². The Morgan fingerprint density at radius 2 is 0.977 bits per heavy atom. The molecule has 1 heteroatoms. The van der Waals surface area contributed by atoms with Gasteiger partial charge in [-0.3, -0.25) is 0 Å². The summed E-state index contributed by atoms with van der Waals surface area (Å²) >= 11 is 0. The maximum atomic E-state index is 9.71. The Morgan fingerprint density at radius 3 is 1.77 bits per heavy atom. The number of furan rings is 1. The van der Waals surface area contributed by atoms with E-state index in [2.05, 4.69) is 0 Å². The summed E-state index contributed by atoms with van der Waals surface area (Å²) in [5.41, 5.74) is -1.19. The summed E-state index contributed by atoms with van der Waals surface area (Å²) in [5.74, 6) is 0. The van der Waals surface area contributed by atoms with E-state index in [9.17, 15) is 5.48 Å². The van der Waals surface area contributed by atoms with E-state index in [0.29, 0.717) is 0 Å². The summed E-state index contributed by atoms with van der Waals surface area (Å²) < 4.78 is 172. The molecule has 0 atom stereocenters. The van der Waals surface area contributed by atoms with E-state index in [1.165, 1.54) is 42.5 Å². The van der Waals surface area contributed by atoms with Gasteiger partial charge in [0.25, 0.3) is 0 Å². The lowest BCUT2D eigenvalue weighted by Gasteiger charge is -2.18. The van der Waals surface area contributed by atoms with Crippen LogP contribution in [-0.2, 0) is 0 Å². The van der Waals surface area contributed by atoms with Crippen LogP contribution < -0.4 is 0 Å². The SMILES string of the molecule is [2H]c1cc2c(-c3cc([2H])c([2H])c(-c4cc([2H])c([2H])c5c([2H])c([2H])c([2H])cc45)c3[2H])c3cc([2H])c([2H])cc3c(-c3c([2H])c([2H])c4c(oc5c([2H])c([2H])c([2H])c([2H])c54)c3[2H])c2cc1[2H]. The lowest BCUT2D eigenvalue weighted by molar-refractivity contribution is 0.669. The minimum absolute atomic E-state index is 0.00542. The zero-order chi connectivity index (χ0) is 44.9. The average Bonchev–Trinajstić information content (AvgIpc) is 3.64. The third-order valence-corrected chi connectivity index (χ3v) is 7.49. The standard InChI is InChI=1S/C42H26O/c1-2-15-31-27(11-1)12-10-21-32(31)28-13-9-14-29(25-28)41-35-17-3-5-19-37(35)42(38-20-6-4-18-36(38)41)30-23-24-34-33-16-7-8-22-39(33)43-40(34)26-30/h1-26H/i1D,2D,3D,4D,5D,6D,7D,8D,9D,10D,11D,12D,13D,16D,22D,23D,24D,25D,26D. The molecular weight excluding hydrogens is 520 g/mol. The molecule has 8 aromatic carbocycles. The van der Waals surface area contributed by atoms with Gasteiger partial charge in [0.15, 0.2) is 0 Å². The molecule has 0 spiro atoms. The van der Waals surface area contributed by atoms with E-state index >= 15 is 0 Å². The molecule has 1 aromatic heterocycles. The predicted octanol–water partition coefficient (Wildman–Crippen LogP) is 12.0. The molecule has 0 N–H and O–H groups in total. The first kappa shape index (κ1) is 11.9. The molecule has 200 valence electrons. The van der Waals surface area contributed by atoms with Gasteiger partial charge in [-0.1, -0.05) is 133 Å². The fourth-order valence-electron chi connectivity index (χ4n) is 5.64. The highest BCUT2D eigenvalue weighted by atomic mass is 16.3. The summed E-state index contributed by atoms with van der Waals surface area (Å²) in [7, 11) is 0. The summed E-state index contributed by atoms with van der Waals surface area (Å²) in [6, 6.07) is -0.123. The molecular formula is C42H26O. The largest absolute Gasteiger partial charge is 0.456 e. The lowest BCUT2D eigenvalue weighted by atomic mass is 9.85. The molecule has 0 saturated heterocycles. The highest BCUT2D eigenvalue weighted by Gasteiger charge is 2.18. The molecule has 1 nitrogen and oxygen atoms in total. The van der Waals surface area contributed by atoms with E-state index in [-0.39, 0.29) is 118 Å². The Kier molecular flexibility index (Phi) is 2.61. The Balaban J connectivity index is 1.47. The Labute approximate surface area is 275 Å². The van der Waals surface area contributed by atoms with Gasteiger partial charge >= 0.3 is 0 Å². The van der Waals surface area contributed by atoms with Crippen LogP contribution in [-0.4, -0.2) is 0 Å². The normalized spacial score (nSPS) is 17.9. The zero-order valence-electron chi connectivity index (χ0n) is 40.9. The summed E-state index contributed by atoms with van der Waals surface area (Å²) in [5, 5.41) is -0.196. The first-order chi connectivity index (χ1) is 29.2. The molecule has 0 aliphatic rings. The lowest BCUT2D eigenvalue weighted by Crippen LogP contribution is -1.91. The van der Waals surface area contributed by atoms with Crippen molar-refractivity contribution < 1.29 is 30.5 Å². The van der Waals surface area contributed by atoms with Gasteiger partial charge in [0.1, 0.15) is 11.2 Å². The van der Waals surface area contributed by atoms with Crippen molar-refractivity contribution in [1.29, 1.82) is 0 Å². The van der Waals surface area contributed by atoms with Crippen LogP contribution in [0.4, 0.5) is 0 Å². The molecule has 0 aliphatic carbocycles. The number of hydrogen-bond donors (Lipinski definition) is 0. The quantitative estimate of drug-likeness (QED) is 0.194. The summed E-state index contributed by atoms with van der Waals surface area (Å²) in [4.78, 5) is 0. The second-order valence-corrected chi connectivity index (χ2v) is 9.80. The third-order valence-electron chi connectivity index (χ3n) is 7.49. The second-order valence-electron chi connectivity index (χ2n) is 9.80. The number of fused-ring (bicyclic) bond motifs is 6. The minimum Gasteiger partial charge on any atom is -0.456 e. The second kappa shape index (κ2) is 9.44. The van der Waals surface area contributed by atoms with Gasteiger partial charge in [-0.15, -0.1) is 0 Å². The van der Waals surface area contributed by atoms with Crippen LogP contribution in [0.2, 0.25) is 0 Å². The first-order valence-corrected chi connectivity index (χ1v) is 13.2. The molecule has 0 fully saturated rings. The highest BCUT2D eigenvalue weighted by Crippen LogP contribution is 2.45. The molecule has 9 aromatic rings. The molecule has 0 aliphatic heterocycles. The van der Waals surface area contributed by atoms with Crippen molar-refractivity contribution in [3.63, 3.8) is 0 Å². The number of rotatable bonds is 3. The van der Waals surface area contributed by atoms with Gasteiger partial charge in [-0.05, 0) is 89.9 Å². The maximum Gasteiger partial charge on any atom is 0.136 e. The molecule has 0 saturated carbocycles. The number of benzene rings is 8. The van der Waals surface area contributed by atoms with E-state index in [1.807, 2.05) is 0 Å². The van der Waals surface area contributed by atoms with E-state index in [0.717, 1.165) is 0 Å². The van der Waals surface area contributed by atoms with Crippen LogP contribution in [0.25, 0.3) is 87.6 Å². The van der Waals surface area contributed by atoms with Crippen molar-refractivity contribution in [1.82, 2.24) is 0 Å². The van der Waals surface area contributed by atoms with Gasteiger partial charge in [-0.2, -0.15) is 0 Å². The highest BCUT2D eigenvalue weighted by molar-refractivity contribution is 6.22. The molecule has 1 heterocycles. The van der Waals surface area contributed by atoms with E-state index in [1.54, 1.807) is 0 Å². The zero-order valence-corrected chi connectivity index (χ0v) is 21.9. The van der Waals surface area contributed by atoms with Gasteiger partial charge < -0.3 is 4.42 Å². The van der Waals surface area contributed by atoms with Gasteiger partial charge in [0.05, 0.1) is 26.0 Å². The van der Waals surface area contributed by atoms with Crippen molar-refractivity contribution in [2.45, 2.75) is 0 Å². The third kappa shape index (κ3) is 3.72. The first-order valence-electron chi connectivity index (χ1n) is 22.7. The smallest absolute Gasteiger partial charge is 0.136 e. The van der Waals surface area contributed by atoms with Crippen molar-refractivity contribution >= 4 is 54.3 Å². The van der Waals surface area contributed by atoms with E-state index in [4.69, 9.17) is 25.0 Å². The number of hydrogen-bond acceptors (Lipinski definition) is 1. The Hall–Kier alpha value is -5.66. The van der Waals surface area contributed by atoms with Gasteiger partial charge in [0, 0.05) is 10.8 Å². The molecule has 0 bridgehead atoms. The summed E-state index contributed by atoms with van der Waals surface area (Å²) in [6.45, 7) is 0. The molecule has 9 rings (SSSR count). The summed E-state index contributed by atoms with van der Waals surface area (Å²) in [6.07, 6.45) is 0. The van der Waals surface area contributed by atoms with Crippen molar-refractivity contribution in [3.8, 4) is 33.4 Å². The fraction of sp³-hybridized carbons (Fsp3) is 0. The molecule has 0 radical (unpaired) electrons. The van der Waals surface area contributed by atoms with Crippen LogP contribution in [0.15, 0.2) is 162 Å². The average molecular weight is 566 g/mol. The van der Waals surface area contributed by atoms with Gasteiger partial charge in [0.2, 0.25) is 0 Å². The van der Waals surface area contributed by atoms with E-state index < -0.39 is 84.6 Å². The van der Waals surface area contributed by atoms with Crippen LogP contribution in [0, 0.1) is 0 Å². The molecule has 0 amide bonds. The fourth-order valence-corrected chi connectivity index (χ4v) is 5.64. The maximum absolute atomic E-state index is 9.71. The topological polar surface area (TPSA) is 13.1 Å². The van der Waals surface area contributed by atoms with Crippen molar-refractivity contribution in [3.05, 3.63) is 157 Å². The number of para-hydroxylation sites is 1. The molecule has 0 unspecified atom stereocenters.